The van der Waals surface area contributed by atoms with E-state index < -0.39 is 6.10 Å². The highest BCUT2D eigenvalue weighted by atomic mass is 16.6. The maximum Gasteiger partial charge on any atom is 0.306 e. The molecule has 0 spiro atoms. The molecule has 0 heterocycles. The zero-order chi connectivity index (χ0) is 52.2. The first-order valence-electron chi connectivity index (χ1n) is 28.8. The van der Waals surface area contributed by atoms with Crippen LogP contribution in [0.15, 0.2) is 146 Å². The van der Waals surface area contributed by atoms with Crippen LogP contribution in [0, 0.1) is 0 Å². The number of allylic oxidation sites excluding steroid dienone is 24. The van der Waals surface area contributed by atoms with Crippen LogP contribution in [0.1, 0.15) is 233 Å². The quantitative estimate of drug-likeness (QED) is 0.0261. The zero-order valence-corrected chi connectivity index (χ0v) is 46.1. The van der Waals surface area contributed by atoms with Crippen molar-refractivity contribution in [2.45, 2.75) is 239 Å². The number of carbonyl (C=O) groups excluding carboxylic acids is 3. The second kappa shape index (κ2) is 58.9. The van der Waals surface area contributed by atoms with Gasteiger partial charge in [0.1, 0.15) is 13.2 Å². The molecule has 0 rings (SSSR count). The Bertz CT molecular complexity index is 1610. The van der Waals surface area contributed by atoms with Gasteiger partial charge in [0, 0.05) is 19.3 Å². The standard InChI is InChI=1S/C66H104O6/c1-4-7-10-13-16-19-22-25-27-29-31-33-35-37-39-41-44-47-50-53-56-59-65(68)71-62-63(61-70-64(67)58-55-52-49-46-43-24-21-18-15-12-9-6-3)72-66(69)60-57-54-51-48-45-42-40-38-36-34-32-30-28-26-23-20-17-14-11-8-5-2/h7-8,10-11,16-21,25-28,31-34,37-40,44,47,63H,4-6,9,12-15,22-24,29-30,35-36,41-43,45-46,48-62H2,1-3H3/b10-7-,11-8-,19-16-,20-17-,21-18-,27-25-,28-26-,33-31-,34-32-,39-37-,40-38-,47-44-. The van der Waals surface area contributed by atoms with Crippen LogP contribution in [-0.4, -0.2) is 37.2 Å². The predicted octanol–water partition coefficient (Wildman–Crippen LogP) is 19.6. The van der Waals surface area contributed by atoms with Crippen LogP contribution in [0.25, 0.3) is 0 Å². The van der Waals surface area contributed by atoms with Crippen molar-refractivity contribution in [1.29, 1.82) is 0 Å². The van der Waals surface area contributed by atoms with E-state index in [1.807, 2.05) is 0 Å². The van der Waals surface area contributed by atoms with Gasteiger partial charge in [-0.1, -0.05) is 218 Å². The maximum atomic E-state index is 12.9. The van der Waals surface area contributed by atoms with Gasteiger partial charge in [0.25, 0.3) is 0 Å². The van der Waals surface area contributed by atoms with E-state index >= 15 is 0 Å². The number of esters is 3. The first kappa shape index (κ1) is 67.3. The van der Waals surface area contributed by atoms with Crippen molar-refractivity contribution in [3.8, 4) is 0 Å². The summed E-state index contributed by atoms with van der Waals surface area (Å²) >= 11 is 0. The van der Waals surface area contributed by atoms with Crippen molar-refractivity contribution < 1.29 is 28.6 Å². The number of hydrogen-bond acceptors (Lipinski definition) is 6. The SMILES string of the molecule is CC/C=C\C/C=C\C/C=C\C/C=C\C/C=C\C/C=C\CCCCC(=O)OCC(COC(=O)CCCCCCC/C=C\CCCCC)OC(=O)CCCCCCC/C=C\C/C=C\C/C=C\C/C=C\C/C=C\CC. The highest BCUT2D eigenvalue weighted by Crippen LogP contribution is 2.13. The van der Waals surface area contributed by atoms with Crippen molar-refractivity contribution in [3.05, 3.63) is 146 Å². The van der Waals surface area contributed by atoms with Gasteiger partial charge in [-0.05, 0) is 141 Å². The third-order valence-electron chi connectivity index (χ3n) is 11.6. The van der Waals surface area contributed by atoms with E-state index in [0.717, 1.165) is 154 Å². The summed E-state index contributed by atoms with van der Waals surface area (Å²) in [6.07, 6.45) is 84.1. The van der Waals surface area contributed by atoms with Crippen molar-refractivity contribution in [2.75, 3.05) is 13.2 Å². The maximum absolute atomic E-state index is 12.9. The van der Waals surface area contributed by atoms with Crippen LogP contribution in [0.5, 0.6) is 0 Å². The van der Waals surface area contributed by atoms with E-state index in [4.69, 9.17) is 14.2 Å². The molecule has 0 aliphatic carbocycles. The number of unbranched alkanes of at least 4 members (excludes halogenated alkanes) is 15. The van der Waals surface area contributed by atoms with Crippen LogP contribution in [0.3, 0.4) is 0 Å². The molecule has 0 bridgehead atoms. The molecule has 0 fully saturated rings. The Hall–Kier alpha value is -4.71. The Labute approximate surface area is 442 Å². The molecule has 1 unspecified atom stereocenters. The molecule has 0 amide bonds. The number of ether oxygens (including phenoxy) is 3. The van der Waals surface area contributed by atoms with Gasteiger partial charge in [0.2, 0.25) is 0 Å². The Morgan fingerprint density at radius 1 is 0.292 bits per heavy atom. The first-order valence-corrected chi connectivity index (χ1v) is 28.8. The van der Waals surface area contributed by atoms with Crippen molar-refractivity contribution in [3.63, 3.8) is 0 Å². The molecule has 6 heteroatoms. The second-order valence-electron chi connectivity index (χ2n) is 18.4. The molecule has 0 aromatic rings. The molecule has 0 aliphatic rings. The van der Waals surface area contributed by atoms with Gasteiger partial charge >= 0.3 is 17.9 Å². The summed E-state index contributed by atoms with van der Waals surface area (Å²) in [5.74, 6) is -0.990. The number of rotatable bonds is 50. The summed E-state index contributed by atoms with van der Waals surface area (Å²) in [6.45, 7) is 6.31. The van der Waals surface area contributed by atoms with Crippen molar-refractivity contribution >= 4 is 17.9 Å². The monoisotopic (exact) mass is 993 g/mol. The molecular formula is C66H104O6. The lowest BCUT2D eigenvalue weighted by atomic mass is 10.1. The summed E-state index contributed by atoms with van der Waals surface area (Å²) in [7, 11) is 0. The van der Waals surface area contributed by atoms with Crippen LogP contribution in [0.2, 0.25) is 0 Å². The van der Waals surface area contributed by atoms with Crippen LogP contribution in [0.4, 0.5) is 0 Å². The number of hydrogen-bond donors (Lipinski definition) is 0. The van der Waals surface area contributed by atoms with Gasteiger partial charge in [-0.3, -0.25) is 14.4 Å². The third-order valence-corrected chi connectivity index (χ3v) is 11.6. The van der Waals surface area contributed by atoms with E-state index in [1.54, 1.807) is 0 Å². The van der Waals surface area contributed by atoms with Gasteiger partial charge in [0.15, 0.2) is 6.10 Å². The summed E-state index contributed by atoms with van der Waals surface area (Å²) in [4.78, 5) is 38.2. The fraction of sp³-hybridized carbons (Fsp3) is 0.591. The van der Waals surface area contributed by atoms with Gasteiger partial charge in [-0.25, -0.2) is 0 Å². The van der Waals surface area contributed by atoms with Gasteiger partial charge in [-0.2, -0.15) is 0 Å². The zero-order valence-electron chi connectivity index (χ0n) is 46.1. The van der Waals surface area contributed by atoms with E-state index in [9.17, 15) is 14.4 Å². The summed E-state index contributed by atoms with van der Waals surface area (Å²) in [5.41, 5.74) is 0. The molecule has 0 N–H and O–H groups in total. The lowest BCUT2D eigenvalue weighted by Gasteiger charge is -2.18. The van der Waals surface area contributed by atoms with Gasteiger partial charge < -0.3 is 14.2 Å². The topological polar surface area (TPSA) is 78.9 Å². The highest BCUT2D eigenvalue weighted by Gasteiger charge is 2.19. The van der Waals surface area contributed by atoms with Crippen molar-refractivity contribution in [2.24, 2.45) is 0 Å². The highest BCUT2D eigenvalue weighted by molar-refractivity contribution is 5.71. The average molecular weight is 994 g/mol. The van der Waals surface area contributed by atoms with Gasteiger partial charge in [0.05, 0.1) is 0 Å². The molecule has 0 aliphatic heterocycles. The minimum atomic E-state index is -0.817. The molecule has 0 saturated heterocycles. The lowest BCUT2D eigenvalue weighted by molar-refractivity contribution is -0.167. The van der Waals surface area contributed by atoms with E-state index in [0.29, 0.717) is 19.3 Å². The molecule has 0 aromatic carbocycles. The lowest BCUT2D eigenvalue weighted by Crippen LogP contribution is -2.30. The normalized spacial score (nSPS) is 13.2. The second-order valence-corrected chi connectivity index (χ2v) is 18.4. The molecule has 0 radical (unpaired) electrons. The van der Waals surface area contributed by atoms with Crippen molar-refractivity contribution in [1.82, 2.24) is 0 Å². The minimum absolute atomic E-state index is 0.110. The Balaban J connectivity index is 4.52. The Morgan fingerprint density at radius 2 is 0.542 bits per heavy atom. The molecule has 1 atom stereocenters. The fourth-order valence-electron chi connectivity index (χ4n) is 7.29. The molecule has 0 saturated carbocycles. The van der Waals surface area contributed by atoms with E-state index in [1.165, 1.54) is 32.1 Å². The largest absolute Gasteiger partial charge is 0.462 e. The molecule has 72 heavy (non-hydrogen) atoms. The van der Waals surface area contributed by atoms with Crippen LogP contribution < -0.4 is 0 Å². The smallest absolute Gasteiger partial charge is 0.306 e. The van der Waals surface area contributed by atoms with E-state index in [-0.39, 0.29) is 37.5 Å². The first-order chi connectivity index (χ1) is 35.5. The van der Waals surface area contributed by atoms with Crippen LogP contribution >= 0.6 is 0 Å². The number of carbonyl (C=O) groups is 3. The summed E-state index contributed by atoms with van der Waals surface area (Å²) in [6, 6.07) is 0. The minimum Gasteiger partial charge on any atom is -0.462 e. The third kappa shape index (κ3) is 56.2. The van der Waals surface area contributed by atoms with Gasteiger partial charge in [-0.15, -0.1) is 0 Å². The van der Waals surface area contributed by atoms with E-state index in [2.05, 4.69) is 167 Å². The van der Waals surface area contributed by atoms with Crippen LogP contribution in [-0.2, 0) is 28.6 Å². The summed E-state index contributed by atoms with van der Waals surface area (Å²) in [5, 5.41) is 0. The average Bonchev–Trinajstić information content (AvgIpc) is 3.38. The predicted molar refractivity (Wildman–Crippen MR) is 311 cm³/mol. The Morgan fingerprint density at radius 3 is 0.889 bits per heavy atom. The summed E-state index contributed by atoms with van der Waals surface area (Å²) < 4.78 is 16.8. The molecule has 404 valence electrons. The molecular weight excluding hydrogens is 889 g/mol. The Kier molecular flexibility index (Phi) is 55.0. The molecule has 0 aromatic heterocycles. The molecule has 6 nitrogen and oxygen atoms in total. The fourth-order valence-corrected chi connectivity index (χ4v) is 7.29.